The number of unbranched alkanes of at least 4 members (excludes halogenated alkanes) is 9. The highest BCUT2D eigenvalue weighted by Gasteiger charge is 2.02. The summed E-state index contributed by atoms with van der Waals surface area (Å²) in [5.74, 6) is 1.44. The number of nitrogens with zero attached hydrogens (tertiary/aromatic N) is 2. The van der Waals surface area contributed by atoms with Crippen LogP contribution in [0, 0.1) is 0 Å². The van der Waals surface area contributed by atoms with Crippen molar-refractivity contribution in [2.45, 2.75) is 84.5 Å². The number of azo groups is 1. The number of carbonyl (C=O) groups is 1. The molecule has 0 atom stereocenters. The maximum Gasteiger partial charge on any atom is 0.333 e. The van der Waals surface area contributed by atoms with E-state index in [9.17, 15) is 4.79 Å². The van der Waals surface area contributed by atoms with Gasteiger partial charge in [-0.3, -0.25) is 0 Å². The molecule has 0 amide bonds. The Labute approximate surface area is 223 Å². The molecule has 37 heavy (non-hydrogen) atoms. The first-order chi connectivity index (χ1) is 18.1. The third-order valence-corrected chi connectivity index (χ3v) is 5.86. The molecule has 6 nitrogen and oxygen atoms in total. The van der Waals surface area contributed by atoms with E-state index in [0.29, 0.717) is 12.2 Å². The molecule has 0 aliphatic rings. The fourth-order valence-corrected chi connectivity index (χ4v) is 3.62. The van der Waals surface area contributed by atoms with E-state index < -0.39 is 0 Å². The largest absolute Gasteiger partial charge is 0.494 e. The second-order valence-electron chi connectivity index (χ2n) is 9.34. The Hall–Kier alpha value is -3.15. The van der Waals surface area contributed by atoms with Gasteiger partial charge in [-0.15, -0.1) is 0 Å². The number of benzene rings is 2. The monoisotopic (exact) mass is 508 g/mol. The molecular weight excluding hydrogens is 464 g/mol. The summed E-state index contributed by atoms with van der Waals surface area (Å²) < 4.78 is 16.7. The Bertz CT molecular complexity index is 923. The second-order valence-corrected chi connectivity index (χ2v) is 9.34. The average Bonchev–Trinajstić information content (AvgIpc) is 2.91. The van der Waals surface area contributed by atoms with Crippen LogP contribution in [0.5, 0.6) is 11.5 Å². The third kappa shape index (κ3) is 14.2. The lowest BCUT2D eigenvalue weighted by Crippen LogP contribution is -2.05. The highest BCUT2D eigenvalue weighted by molar-refractivity contribution is 5.86. The van der Waals surface area contributed by atoms with Crippen molar-refractivity contribution in [3.63, 3.8) is 0 Å². The first-order valence-corrected chi connectivity index (χ1v) is 13.8. The maximum atomic E-state index is 11.3. The van der Waals surface area contributed by atoms with Gasteiger partial charge in [0.15, 0.2) is 0 Å². The Balaban J connectivity index is 1.51. The van der Waals surface area contributed by atoms with E-state index in [1.165, 1.54) is 44.9 Å². The molecule has 0 bridgehead atoms. The second kappa shape index (κ2) is 19.0. The number of carbonyl (C=O) groups excluding carboxylic acids is 1. The standard InChI is InChI=1S/C31H44N2O4/c1-4-5-12-23-35-29-19-15-27(16-20-29)32-33-28-17-21-30(22-18-28)36-24-13-10-8-6-7-9-11-14-25-37-31(34)26(2)3/h15-22H,2,4-14,23-25H2,1,3H3. The Morgan fingerprint density at radius 1 is 0.649 bits per heavy atom. The average molecular weight is 509 g/mol. The maximum absolute atomic E-state index is 11.3. The van der Waals surface area contributed by atoms with Crippen molar-refractivity contribution in [3.8, 4) is 11.5 Å². The van der Waals surface area contributed by atoms with Crippen LogP contribution in [0.2, 0.25) is 0 Å². The summed E-state index contributed by atoms with van der Waals surface area (Å²) >= 11 is 0. The molecule has 6 heteroatoms. The van der Waals surface area contributed by atoms with Crippen LogP contribution in [-0.2, 0) is 9.53 Å². The Morgan fingerprint density at radius 3 is 1.49 bits per heavy atom. The van der Waals surface area contributed by atoms with Crippen molar-refractivity contribution in [1.29, 1.82) is 0 Å². The zero-order chi connectivity index (χ0) is 26.6. The Morgan fingerprint density at radius 2 is 1.05 bits per heavy atom. The lowest BCUT2D eigenvalue weighted by Gasteiger charge is -2.07. The smallest absolute Gasteiger partial charge is 0.333 e. The van der Waals surface area contributed by atoms with E-state index in [2.05, 4.69) is 23.7 Å². The number of hydrogen-bond donors (Lipinski definition) is 0. The molecular formula is C31H44N2O4. The van der Waals surface area contributed by atoms with Crippen molar-refractivity contribution in [2.75, 3.05) is 19.8 Å². The van der Waals surface area contributed by atoms with Crippen molar-refractivity contribution in [3.05, 3.63) is 60.7 Å². The van der Waals surface area contributed by atoms with Crippen LogP contribution in [0.3, 0.4) is 0 Å². The summed E-state index contributed by atoms with van der Waals surface area (Å²) in [6, 6.07) is 15.4. The minimum Gasteiger partial charge on any atom is -0.494 e. The summed E-state index contributed by atoms with van der Waals surface area (Å²) in [5.41, 5.74) is 2.05. The van der Waals surface area contributed by atoms with Crippen LogP contribution in [0.1, 0.15) is 84.5 Å². The minimum atomic E-state index is -0.287. The van der Waals surface area contributed by atoms with Gasteiger partial charge in [0.2, 0.25) is 0 Å². The summed E-state index contributed by atoms with van der Waals surface area (Å²) in [5, 5.41) is 8.62. The van der Waals surface area contributed by atoms with Crippen molar-refractivity contribution >= 4 is 17.3 Å². The predicted octanol–water partition coefficient (Wildman–Crippen LogP) is 9.29. The molecule has 0 aliphatic heterocycles. The van der Waals surface area contributed by atoms with Crippen LogP contribution in [0.15, 0.2) is 70.9 Å². The molecule has 0 spiro atoms. The van der Waals surface area contributed by atoms with Gasteiger partial charge in [0.05, 0.1) is 31.2 Å². The fourth-order valence-electron chi connectivity index (χ4n) is 3.62. The normalized spacial score (nSPS) is 11.0. The molecule has 0 radical (unpaired) electrons. The number of esters is 1. The molecule has 0 heterocycles. The van der Waals surface area contributed by atoms with Crippen LogP contribution in [0.4, 0.5) is 11.4 Å². The molecule has 0 aromatic heterocycles. The van der Waals surface area contributed by atoms with Gasteiger partial charge in [0.25, 0.3) is 0 Å². The van der Waals surface area contributed by atoms with E-state index >= 15 is 0 Å². The van der Waals surface area contributed by atoms with E-state index in [-0.39, 0.29) is 5.97 Å². The molecule has 0 saturated carbocycles. The van der Waals surface area contributed by atoms with Gasteiger partial charge in [0, 0.05) is 5.57 Å². The van der Waals surface area contributed by atoms with Crippen LogP contribution >= 0.6 is 0 Å². The van der Waals surface area contributed by atoms with Gasteiger partial charge < -0.3 is 14.2 Å². The van der Waals surface area contributed by atoms with Crippen LogP contribution in [-0.4, -0.2) is 25.8 Å². The first-order valence-electron chi connectivity index (χ1n) is 13.8. The quantitative estimate of drug-likeness (QED) is 0.0773. The van der Waals surface area contributed by atoms with Crippen molar-refractivity contribution in [1.82, 2.24) is 0 Å². The molecule has 2 aromatic carbocycles. The third-order valence-electron chi connectivity index (χ3n) is 5.86. The van der Waals surface area contributed by atoms with E-state index in [0.717, 1.165) is 61.8 Å². The lowest BCUT2D eigenvalue weighted by atomic mass is 10.1. The molecule has 2 rings (SSSR count). The van der Waals surface area contributed by atoms with Gasteiger partial charge >= 0.3 is 5.97 Å². The molecule has 2 aromatic rings. The highest BCUT2D eigenvalue weighted by atomic mass is 16.5. The van der Waals surface area contributed by atoms with Gasteiger partial charge in [-0.2, -0.15) is 10.2 Å². The van der Waals surface area contributed by atoms with Gasteiger partial charge in [-0.1, -0.05) is 64.9 Å². The summed E-state index contributed by atoms with van der Waals surface area (Å²) in [6.45, 7) is 9.41. The molecule has 0 saturated heterocycles. The summed E-state index contributed by atoms with van der Waals surface area (Å²) in [4.78, 5) is 11.3. The number of hydrogen-bond acceptors (Lipinski definition) is 6. The van der Waals surface area contributed by atoms with E-state index in [1.807, 2.05) is 48.5 Å². The lowest BCUT2D eigenvalue weighted by molar-refractivity contribution is -0.139. The van der Waals surface area contributed by atoms with Gasteiger partial charge in [0.1, 0.15) is 11.5 Å². The van der Waals surface area contributed by atoms with Gasteiger partial charge in [-0.25, -0.2) is 4.79 Å². The minimum absolute atomic E-state index is 0.287. The molecule has 202 valence electrons. The van der Waals surface area contributed by atoms with Crippen molar-refractivity contribution < 1.29 is 19.0 Å². The summed E-state index contributed by atoms with van der Waals surface area (Å²) in [6.07, 6.45) is 12.6. The highest BCUT2D eigenvalue weighted by Crippen LogP contribution is 2.23. The van der Waals surface area contributed by atoms with Crippen LogP contribution < -0.4 is 9.47 Å². The first kappa shape index (κ1) is 30.1. The zero-order valence-electron chi connectivity index (χ0n) is 22.8. The molecule has 0 aliphatic carbocycles. The van der Waals surface area contributed by atoms with Crippen molar-refractivity contribution in [2.24, 2.45) is 10.2 Å². The Kier molecular flexibility index (Phi) is 15.5. The fraction of sp³-hybridized carbons (Fsp3) is 0.516. The molecule has 0 fully saturated rings. The van der Waals surface area contributed by atoms with E-state index in [1.54, 1.807) is 6.92 Å². The summed E-state index contributed by atoms with van der Waals surface area (Å²) in [7, 11) is 0. The topological polar surface area (TPSA) is 69.5 Å². The SMILES string of the molecule is C=C(C)C(=O)OCCCCCCCCCCOc1ccc(N=Nc2ccc(OCCCCC)cc2)cc1. The number of ether oxygens (including phenoxy) is 3. The predicted molar refractivity (Wildman–Crippen MR) is 150 cm³/mol. The molecule has 0 unspecified atom stereocenters. The molecule has 0 N–H and O–H groups in total. The number of rotatable bonds is 20. The van der Waals surface area contributed by atoms with E-state index in [4.69, 9.17) is 14.2 Å². The zero-order valence-corrected chi connectivity index (χ0v) is 22.8. The van der Waals surface area contributed by atoms with Gasteiger partial charge in [-0.05, 0) is 74.7 Å². The van der Waals surface area contributed by atoms with Crippen LogP contribution in [0.25, 0.3) is 0 Å².